The molecule has 2 nitrogen and oxygen atoms in total. The lowest BCUT2D eigenvalue weighted by Gasteiger charge is -2.10. The summed E-state index contributed by atoms with van der Waals surface area (Å²) in [4.78, 5) is 13.2. The van der Waals surface area contributed by atoms with Crippen molar-refractivity contribution in [3.63, 3.8) is 0 Å². The maximum atomic E-state index is 12.2. The molecule has 0 aromatic heterocycles. The number of rotatable bonds is 4. The number of para-hydroxylation sites is 1. The van der Waals surface area contributed by atoms with Crippen molar-refractivity contribution in [1.29, 1.82) is 0 Å². The second-order valence-electron chi connectivity index (χ2n) is 4.91. The Bertz CT molecular complexity index is 841. The average molecular weight is 362 g/mol. The molecule has 1 N–H and O–H groups in total. The lowest BCUT2D eigenvalue weighted by Crippen LogP contribution is -2.14. The number of hydrogen-bond donors (Lipinski definition) is 1. The van der Waals surface area contributed by atoms with E-state index in [1.807, 2.05) is 24.3 Å². The predicted molar refractivity (Wildman–Crippen MR) is 99.8 cm³/mol. The van der Waals surface area contributed by atoms with Crippen molar-refractivity contribution < 1.29 is 4.79 Å². The highest BCUT2D eigenvalue weighted by atomic mass is 35.5. The van der Waals surface area contributed by atoms with Crippen LogP contribution in [0.4, 0.5) is 5.69 Å². The normalized spacial score (nSPS) is 10.7. The highest BCUT2D eigenvalue weighted by molar-refractivity contribution is 8.00. The SMILES string of the molecule is O=C(CSc1cccc2ccccc12)Nc1c(Cl)cccc1Cl. The highest BCUT2D eigenvalue weighted by Crippen LogP contribution is 2.31. The molecule has 0 bridgehead atoms. The first kappa shape index (κ1) is 16.2. The maximum Gasteiger partial charge on any atom is 0.234 e. The first-order chi connectivity index (χ1) is 11.1. The van der Waals surface area contributed by atoms with Gasteiger partial charge in [-0.25, -0.2) is 0 Å². The molecule has 0 atom stereocenters. The summed E-state index contributed by atoms with van der Waals surface area (Å²) in [6.45, 7) is 0. The van der Waals surface area contributed by atoms with Crippen molar-refractivity contribution in [3.05, 3.63) is 70.7 Å². The van der Waals surface area contributed by atoms with Gasteiger partial charge in [0.05, 0.1) is 21.5 Å². The molecule has 1 amide bonds. The van der Waals surface area contributed by atoms with E-state index in [1.165, 1.54) is 11.8 Å². The Hall–Kier alpha value is -1.68. The zero-order valence-corrected chi connectivity index (χ0v) is 14.4. The number of thioether (sulfide) groups is 1. The molecule has 0 unspecified atom stereocenters. The summed E-state index contributed by atoms with van der Waals surface area (Å²) in [5.41, 5.74) is 0.458. The fraction of sp³-hybridized carbons (Fsp3) is 0.0556. The average Bonchev–Trinajstić information content (AvgIpc) is 2.56. The van der Waals surface area contributed by atoms with Crippen LogP contribution in [0.2, 0.25) is 10.0 Å². The maximum absolute atomic E-state index is 12.2. The van der Waals surface area contributed by atoms with Gasteiger partial charge in [-0.3, -0.25) is 4.79 Å². The number of amides is 1. The Morgan fingerprint density at radius 2 is 1.57 bits per heavy atom. The lowest BCUT2D eigenvalue weighted by molar-refractivity contribution is -0.113. The second kappa shape index (κ2) is 7.26. The fourth-order valence-corrected chi connectivity index (χ4v) is 3.62. The molecule has 3 aromatic rings. The molecule has 3 aromatic carbocycles. The van der Waals surface area contributed by atoms with Gasteiger partial charge in [0.2, 0.25) is 5.91 Å². The zero-order chi connectivity index (χ0) is 16.2. The first-order valence-electron chi connectivity index (χ1n) is 6.99. The Labute approximate surface area is 148 Å². The molecule has 0 radical (unpaired) electrons. The number of halogens is 2. The topological polar surface area (TPSA) is 29.1 Å². The van der Waals surface area contributed by atoms with E-state index < -0.39 is 0 Å². The molecule has 0 fully saturated rings. The van der Waals surface area contributed by atoms with Crippen LogP contribution in [0.5, 0.6) is 0 Å². The summed E-state index contributed by atoms with van der Waals surface area (Å²) >= 11 is 13.6. The molecule has 0 aliphatic carbocycles. The summed E-state index contributed by atoms with van der Waals surface area (Å²) < 4.78 is 0. The van der Waals surface area contributed by atoms with E-state index in [0.717, 1.165) is 15.7 Å². The summed E-state index contributed by atoms with van der Waals surface area (Å²) in [6, 6.07) is 19.3. The van der Waals surface area contributed by atoms with E-state index in [9.17, 15) is 4.79 Å². The van der Waals surface area contributed by atoms with Crippen molar-refractivity contribution in [2.24, 2.45) is 0 Å². The zero-order valence-electron chi connectivity index (χ0n) is 12.1. The van der Waals surface area contributed by atoms with Crippen molar-refractivity contribution >= 4 is 57.3 Å². The molecule has 116 valence electrons. The molecule has 0 aliphatic heterocycles. The lowest BCUT2D eigenvalue weighted by atomic mass is 10.1. The molecule has 0 saturated carbocycles. The van der Waals surface area contributed by atoms with Crippen LogP contribution in [0.1, 0.15) is 0 Å². The molecular formula is C18H13Cl2NOS. The Morgan fingerprint density at radius 1 is 0.913 bits per heavy atom. The van der Waals surface area contributed by atoms with Gasteiger partial charge in [-0.1, -0.05) is 65.7 Å². The minimum Gasteiger partial charge on any atom is -0.323 e. The van der Waals surface area contributed by atoms with Gasteiger partial charge in [0.15, 0.2) is 0 Å². The number of hydrogen-bond acceptors (Lipinski definition) is 2. The van der Waals surface area contributed by atoms with E-state index in [4.69, 9.17) is 23.2 Å². The van der Waals surface area contributed by atoms with Gasteiger partial charge in [0.25, 0.3) is 0 Å². The standard InChI is InChI=1S/C18H13Cl2NOS/c19-14-8-4-9-15(20)18(14)21-17(22)11-23-16-10-3-6-12-5-1-2-7-13(12)16/h1-10H,11H2,(H,21,22). The number of carbonyl (C=O) groups excluding carboxylic acids is 1. The number of benzene rings is 3. The molecule has 3 rings (SSSR count). The van der Waals surface area contributed by atoms with E-state index in [0.29, 0.717) is 15.7 Å². The predicted octanol–water partition coefficient (Wildman–Crippen LogP) is 5.88. The van der Waals surface area contributed by atoms with Crippen LogP contribution >= 0.6 is 35.0 Å². The van der Waals surface area contributed by atoms with Gasteiger partial charge in [0, 0.05) is 4.90 Å². The van der Waals surface area contributed by atoms with Gasteiger partial charge < -0.3 is 5.32 Å². The smallest absolute Gasteiger partial charge is 0.234 e. The van der Waals surface area contributed by atoms with Crippen LogP contribution in [0.15, 0.2) is 65.6 Å². The van der Waals surface area contributed by atoms with Crippen LogP contribution in [-0.4, -0.2) is 11.7 Å². The van der Waals surface area contributed by atoms with Crippen LogP contribution in [-0.2, 0) is 4.79 Å². The van der Waals surface area contributed by atoms with Gasteiger partial charge in [-0.05, 0) is 29.0 Å². The largest absolute Gasteiger partial charge is 0.323 e. The molecule has 0 spiro atoms. The van der Waals surface area contributed by atoms with Gasteiger partial charge >= 0.3 is 0 Å². The quantitative estimate of drug-likeness (QED) is 0.588. The summed E-state index contributed by atoms with van der Waals surface area (Å²) in [7, 11) is 0. The third kappa shape index (κ3) is 3.81. The summed E-state index contributed by atoms with van der Waals surface area (Å²) in [6.07, 6.45) is 0. The molecule has 0 aliphatic rings. The van der Waals surface area contributed by atoms with Gasteiger partial charge in [0.1, 0.15) is 0 Å². The third-order valence-electron chi connectivity index (χ3n) is 3.34. The summed E-state index contributed by atoms with van der Waals surface area (Å²) in [5.74, 6) is 0.146. The van der Waals surface area contributed by atoms with Gasteiger partial charge in [-0.2, -0.15) is 0 Å². The molecular weight excluding hydrogens is 349 g/mol. The van der Waals surface area contributed by atoms with Crippen LogP contribution in [0.3, 0.4) is 0 Å². The number of anilines is 1. The van der Waals surface area contributed by atoms with Gasteiger partial charge in [-0.15, -0.1) is 11.8 Å². The number of fused-ring (bicyclic) bond motifs is 1. The Balaban J connectivity index is 1.71. The minimum atomic E-state index is -0.141. The molecule has 0 saturated heterocycles. The van der Waals surface area contributed by atoms with E-state index in [2.05, 4.69) is 23.5 Å². The van der Waals surface area contributed by atoms with Crippen molar-refractivity contribution in [2.75, 3.05) is 11.1 Å². The number of nitrogens with one attached hydrogen (secondary N) is 1. The van der Waals surface area contributed by atoms with E-state index >= 15 is 0 Å². The molecule has 5 heteroatoms. The number of carbonyl (C=O) groups is 1. The van der Waals surface area contributed by atoms with Crippen LogP contribution < -0.4 is 5.32 Å². The summed E-state index contributed by atoms with van der Waals surface area (Å²) in [5, 5.41) is 5.94. The van der Waals surface area contributed by atoms with Crippen molar-refractivity contribution in [1.82, 2.24) is 0 Å². The minimum absolute atomic E-state index is 0.141. The monoisotopic (exact) mass is 361 g/mol. The highest BCUT2D eigenvalue weighted by Gasteiger charge is 2.10. The van der Waals surface area contributed by atoms with E-state index in [-0.39, 0.29) is 11.7 Å². The van der Waals surface area contributed by atoms with Crippen molar-refractivity contribution in [2.45, 2.75) is 4.90 Å². The first-order valence-corrected chi connectivity index (χ1v) is 8.74. The fourth-order valence-electron chi connectivity index (χ4n) is 2.26. The Kier molecular flexibility index (Phi) is 5.11. The Morgan fingerprint density at radius 3 is 2.35 bits per heavy atom. The third-order valence-corrected chi connectivity index (χ3v) is 5.04. The van der Waals surface area contributed by atoms with E-state index in [1.54, 1.807) is 18.2 Å². The van der Waals surface area contributed by atoms with Crippen LogP contribution in [0, 0.1) is 0 Å². The molecule has 0 heterocycles. The molecule has 23 heavy (non-hydrogen) atoms. The van der Waals surface area contributed by atoms with Crippen LogP contribution in [0.25, 0.3) is 10.8 Å². The van der Waals surface area contributed by atoms with Crippen molar-refractivity contribution in [3.8, 4) is 0 Å². The second-order valence-corrected chi connectivity index (χ2v) is 6.74.